The van der Waals surface area contributed by atoms with Crippen molar-refractivity contribution >= 4 is 17.5 Å². The highest BCUT2D eigenvalue weighted by atomic mass is 32.2. The number of hydrogen-bond donors (Lipinski definition) is 1. The SMILES string of the molecule is O=C1C=C(SCCO)CC1. The Labute approximate surface area is 64.3 Å². The van der Waals surface area contributed by atoms with Gasteiger partial charge in [-0.05, 0) is 17.4 Å². The van der Waals surface area contributed by atoms with E-state index in [0.29, 0.717) is 12.2 Å². The van der Waals surface area contributed by atoms with E-state index in [1.54, 1.807) is 17.8 Å². The number of aliphatic hydroxyl groups is 1. The lowest BCUT2D eigenvalue weighted by Crippen LogP contribution is -1.84. The predicted molar refractivity (Wildman–Crippen MR) is 41.9 cm³/mol. The van der Waals surface area contributed by atoms with Crippen LogP contribution in [0.3, 0.4) is 0 Å². The van der Waals surface area contributed by atoms with Crippen molar-refractivity contribution in [3.63, 3.8) is 0 Å². The van der Waals surface area contributed by atoms with Crippen LogP contribution in [0.15, 0.2) is 11.0 Å². The molecule has 0 bridgehead atoms. The van der Waals surface area contributed by atoms with Crippen molar-refractivity contribution in [3.8, 4) is 0 Å². The lowest BCUT2D eigenvalue weighted by molar-refractivity contribution is -0.114. The molecule has 0 saturated heterocycles. The minimum absolute atomic E-state index is 0.191. The van der Waals surface area contributed by atoms with E-state index >= 15 is 0 Å². The van der Waals surface area contributed by atoms with E-state index in [-0.39, 0.29) is 12.4 Å². The average Bonchev–Trinajstić information content (AvgIpc) is 2.31. The van der Waals surface area contributed by atoms with E-state index in [1.807, 2.05) is 0 Å². The number of hydrogen-bond acceptors (Lipinski definition) is 3. The summed E-state index contributed by atoms with van der Waals surface area (Å²) < 4.78 is 0. The zero-order chi connectivity index (χ0) is 7.40. The molecule has 0 unspecified atom stereocenters. The van der Waals surface area contributed by atoms with Crippen molar-refractivity contribution in [2.75, 3.05) is 12.4 Å². The Morgan fingerprint density at radius 2 is 2.40 bits per heavy atom. The molecule has 0 atom stereocenters. The highest BCUT2D eigenvalue weighted by Crippen LogP contribution is 2.25. The zero-order valence-corrected chi connectivity index (χ0v) is 6.49. The average molecular weight is 158 g/mol. The third-order valence-corrected chi connectivity index (χ3v) is 2.40. The second-order valence-corrected chi connectivity index (χ2v) is 3.37. The van der Waals surface area contributed by atoms with Gasteiger partial charge in [-0.2, -0.15) is 0 Å². The molecule has 1 rings (SSSR count). The molecule has 0 saturated carbocycles. The molecule has 0 aromatic carbocycles. The summed E-state index contributed by atoms with van der Waals surface area (Å²) >= 11 is 1.58. The van der Waals surface area contributed by atoms with Gasteiger partial charge in [-0.1, -0.05) is 0 Å². The van der Waals surface area contributed by atoms with Crippen molar-refractivity contribution in [1.82, 2.24) is 0 Å². The molecule has 0 aromatic heterocycles. The first-order valence-electron chi connectivity index (χ1n) is 3.30. The van der Waals surface area contributed by atoms with E-state index in [1.165, 1.54) is 0 Å². The van der Waals surface area contributed by atoms with Gasteiger partial charge in [0.15, 0.2) is 5.78 Å². The van der Waals surface area contributed by atoms with Gasteiger partial charge in [0.25, 0.3) is 0 Å². The third kappa shape index (κ3) is 2.15. The van der Waals surface area contributed by atoms with E-state index in [4.69, 9.17) is 5.11 Å². The molecule has 1 aliphatic carbocycles. The predicted octanol–water partition coefficient (Wildman–Crippen LogP) is 0.959. The largest absolute Gasteiger partial charge is 0.396 e. The molecule has 56 valence electrons. The Kier molecular flexibility index (Phi) is 2.96. The van der Waals surface area contributed by atoms with Crippen LogP contribution in [0.25, 0.3) is 0 Å². The molecule has 1 aliphatic rings. The smallest absolute Gasteiger partial charge is 0.156 e. The van der Waals surface area contributed by atoms with Crippen LogP contribution in [0, 0.1) is 0 Å². The summed E-state index contributed by atoms with van der Waals surface area (Å²) in [5, 5.41) is 8.46. The highest BCUT2D eigenvalue weighted by molar-refractivity contribution is 8.03. The third-order valence-electron chi connectivity index (χ3n) is 1.32. The lowest BCUT2D eigenvalue weighted by Gasteiger charge is -1.95. The molecule has 0 amide bonds. The first-order chi connectivity index (χ1) is 4.83. The van der Waals surface area contributed by atoms with Gasteiger partial charge in [-0.3, -0.25) is 4.79 Å². The van der Waals surface area contributed by atoms with Crippen LogP contribution in [0.4, 0.5) is 0 Å². The number of carbonyl (C=O) groups excluding carboxylic acids is 1. The molecular formula is C7H10O2S. The minimum atomic E-state index is 0.191. The van der Waals surface area contributed by atoms with Crippen LogP contribution in [0.2, 0.25) is 0 Å². The first-order valence-corrected chi connectivity index (χ1v) is 4.28. The van der Waals surface area contributed by atoms with Gasteiger partial charge in [0.05, 0.1) is 6.61 Å². The molecule has 1 N–H and O–H groups in total. The fourth-order valence-corrected chi connectivity index (χ4v) is 1.68. The summed E-state index contributed by atoms with van der Waals surface area (Å²) in [6, 6.07) is 0. The van der Waals surface area contributed by atoms with Crippen LogP contribution in [0.5, 0.6) is 0 Å². The number of aliphatic hydroxyl groups excluding tert-OH is 1. The van der Waals surface area contributed by atoms with E-state index in [0.717, 1.165) is 11.3 Å². The molecule has 0 radical (unpaired) electrons. The summed E-state index contributed by atoms with van der Waals surface area (Å²) in [4.78, 5) is 11.8. The van der Waals surface area contributed by atoms with Crippen LogP contribution >= 0.6 is 11.8 Å². The monoisotopic (exact) mass is 158 g/mol. The lowest BCUT2D eigenvalue weighted by atomic mass is 10.3. The molecule has 10 heavy (non-hydrogen) atoms. The van der Waals surface area contributed by atoms with Crippen molar-refractivity contribution in [2.45, 2.75) is 12.8 Å². The molecule has 0 heterocycles. The minimum Gasteiger partial charge on any atom is -0.396 e. The fourth-order valence-electron chi connectivity index (χ4n) is 0.861. The van der Waals surface area contributed by atoms with Gasteiger partial charge in [0.2, 0.25) is 0 Å². The maximum atomic E-state index is 10.7. The molecule has 2 nitrogen and oxygen atoms in total. The summed E-state index contributed by atoms with van der Waals surface area (Å²) in [6.45, 7) is 0.191. The van der Waals surface area contributed by atoms with Crippen LogP contribution in [-0.2, 0) is 4.79 Å². The molecule has 0 aliphatic heterocycles. The second kappa shape index (κ2) is 3.78. The number of thioether (sulfide) groups is 1. The van der Waals surface area contributed by atoms with Crippen LogP contribution in [-0.4, -0.2) is 23.2 Å². The quantitative estimate of drug-likeness (QED) is 0.664. The second-order valence-electron chi connectivity index (χ2n) is 2.15. The van der Waals surface area contributed by atoms with E-state index in [9.17, 15) is 4.79 Å². The highest BCUT2D eigenvalue weighted by Gasteiger charge is 2.10. The Morgan fingerprint density at radius 3 is 2.90 bits per heavy atom. The Balaban J connectivity index is 2.28. The molecule has 0 fully saturated rings. The number of ketones is 1. The van der Waals surface area contributed by atoms with E-state index < -0.39 is 0 Å². The fraction of sp³-hybridized carbons (Fsp3) is 0.571. The van der Waals surface area contributed by atoms with Gasteiger partial charge < -0.3 is 5.11 Å². The van der Waals surface area contributed by atoms with Crippen molar-refractivity contribution in [2.24, 2.45) is 0 Å². The molecule has 0 aromatic rings. The van der Waals surface area contributed by atoms with Gasteiger partial charge in [0, 0.05) is 12.2 Å². The maximum absolute atomic E-state index is 10.7. The van der Waals surface area contributed by atoms with Gasteiger partial charge in [-0.15, -0.1) is 11.8 Å². The Morgan fingerprint density at radius 1 is 1.60 bits per heavy atom. The molecule has 3 heteroatoms. The summed E-state index contributed by atoms with van der Waals surface area (Å²) in [6.07, 6.45) is 3.22. The number of carbonyl (C=O) groups is 1. The maximum Gasteiger partial charge on any atom is 0.156 e. The Hall–Kier alpha value is -0.280. The van der Waals surface area contributed by atoms with Crippen LogP contribution < -0.4 is 0 Å². The molecule has 0 spiro atoms. The topological polar surface area (TPSA) is 37.3 Å². The van der Waals surface area contributed by atoms with Gasteiger partial charge in [-0.25, -0.2) is 0 Å². The van der Waals surface area contributed by atoms with Crippen molar-refractivity contribution < 1.29 is 9.90 Å². The van der Waals surface area contributed by atoms with Gasteiger partial charge >= 0.3 is 0 Å². The Bertz CT molecular complexity index is 163. The van der Waals surface area contributed by atoms with Crippen molar-refractivity contribution in [1.29, 1.82) is 0 Å². The summed E-state index contributed by atoms with van der Waals surface area (Å²) in [5.41, 5.74) is 0. The van der Waals surface area contributed by atoms with Gasteiger partial charge in [0.1, 0.15) is 0 Å². The van der Waals surface area contributed by atoms with Crippen LogP contribution in [0.1, 0.15) is 12.8 Å². The standard InChI is InChI=1S/C7H10O2S/c8-3-4-10-7-2-1-6(9)5-7/h5,8H,1-4H2. The molecular weight excluding hydrogens is 148 g/mol. The van der Waals surface area contributed by atoms with E-state index in [2.05, 4.69) is 0 Å². The summed E-state index contributed by atoms with van der Waals surface area (Å²) in [7, 11) is 0. The van der Waals surface area contributed by atoms with Crippen molar-refractivity contribution in [3.05, 3.63) is 11.0 Å². The normalized spacial score (nSPS) is 17.7. The zero-order valence-electron chi connectivity index (χ0n) is 5.67. The number of rotatable bonds is 3. The number of allylic oxidation sites excluding steroid dienone is 2. The summed E-state index contributed by atoms with van der Waals surface area (Å²) in [5.74, 6) is 0.930. The first kappa shape index (κ1) is 7.82.